The molecule has 2 atom stereocenters. The van der Waals surface area contributed by atoms with Gasteiger partial charge in [-0.2, -0.15) is 0 Å². The number of aromatic nitrogens is 1. The lowest BCUT2D eigenvalue weighted by molar-refractivity contribution is 0.323. The Bertz CT molecular complexity index is 320. The van der Waals surface area contributed by atoms with E-state index in [0.29, 0.717) is 0 Å². The summed E-state index contributed by atoms with van der Waals surface area (Å²) in [6.07, 6.45) is 2.99. The van der Waals surface area contributed by atoms with E-state index < -0.39 is 0 Å². The molecular weight excluding hydrogens is 186 g/mol. The van der Waals surface area contributed by atoms with Crippen molar-refractivity contribution in [3.8, 4) is 0 Å². The second kappa shape index (κ2) is 4.09. The normalized spacial score (nSPS) is 26.7. The third-order valence-electron chi connectivity index (χ3n) is 3.43. The largest absolute Gasteiger partial charge is 0.397 e. The summed E-state index contributed by atoms with van der Waals surface area (Å²) in [5.41, 5.74) is 6.36. The monoisotopic (exact) mass is 205 g/mol. The number of piperidine rings is 1. The van der Waals surface area contributed by atoms with Gasteiger partial charge >= 0.3 is 0 Å². The average molecular weight is 205 g/mol. The summed E-state index contributed by atoms with van der Waals surface area (Å²) in [4.78, 5) is 6.71. The van der Waals surface area contributed by atoms with E-state index in [1.807, 2.05) is 12.1 Å². The summed E-state index contributed by atoms with van der Waals surface area (Å²) in [7, 11) is 0. The number of nitrogens with zero attached hydrogens (tertiary/aromatic N) is 2. The van der Waals surface area contributed by atoms with Gasteiger partial charge in [-0.05, 0) is 30.4 Å². The first kappa shape index (κ1) is 10.3. The van der Waals surface area contributed by atoms with E-state index in [-0.39, 0.29) is 0 Å². The molecule has 0 aliphatic carbocycles. The maximum atomic E-state index is 5.62. The molecule has 1 fully saturated rings. The van der Waals surface area contributed by atoms with Gasteiger partial charge in [0.2, 0.25) is 0 Å². The van der Waals surface area contributed by atoms with Gasteiger partial charge in [0.25, 0.3) is 0 Å². The molecule has 2 rings (SSSR count). The van der Waals surface area contributed by atoms with Gasteiger partial charge < -0.3 is 10.6 Å². The van der Waals surface area contributed by atoms with E-state index in [1.54, 1.807) is 6.20 Å². The zero-order chi connectivity index (χ0) is 10.8. The summed E-state index contributed by atoms with van der Waals surface area (Å²) < 4.78 is 0. The standard InChI is InChI=1S/C12H19N3/c1-9-5-6-15(8-10(9)2)12-4-3-11(13)7-14-12/h3-4,7,9-10H,5-6,8,13H2,1-2H3. The molecule has 0 bridgehead atoms. The Morgan fingerprint density at radius 1 is 1.33 bits per heavy atom. The van der Waals surface area contributed by atoms with Crippen LogP contribution in [-0.2, 0) is 0 Å². The van der Waals surface area contributed by atoms with E-state index in [4.69, 9.17) is 5.73 Å². The molecule has 0 amide bonds. The average Bonchev–Trinajstić information content (AvgIpc) is 2.23. The van der Waals surface area contributed by atoms with Crippen molar-refractivity contribution in [1.82, 2.24) is 4.98 Å². The van der Waals surface area contributed by atoms with Crippen LogP contribution < -0.4 is 10.6 Å². The third-order valence-corrected chi connectivity index (χ3v) is 3.43. The van der Waals surface area contributed by atoms with Crippen molar-refractivity contribution in [2.45, 2.75) is 20.3 Å². The minimum Gasteiger partial charge on any atom is -0.397 e. The molecule has 15 heavy (non-hydrogen) atoms. The van der Waals surface area contributed by atoms with E-state index in [9.17, 15) is 0 Å². The molecular formula is C12H19N3. The summed E-state index contributed by atoms with van der Waals surface area (Å²) in [6, 6.07) is 3.93. The number of anilines is 2. The smallest absolute Gasteiger partial charge is 0.128 e. The molecule has 0 saturated carbocycles. The second-order valence-corrected chi connectivity index (χ2v) is 4.64. The Morgan fingerprint density at radius 3 is 2.73 bits per heavy atom. The van der Waals surface area contributed by atoms with Gasteiger partial charge in [-0.3, -0.25) is 0 Å². The van der Waals surface area contributed by atoms with Crippen molar-refractivity contribution < 1.29 is 0 Å². The molecule has 3 heteroatoms. The van der Waals surface area contributed by atoms with Crippen LogP contribution in [0, 0.1) is 11.8 Å². The molecule has 3 nitrogen and oxygen atoms in total. The number of pyridine rings is 1. The molecule has 0 spiro atoms. The first-order valence-corrected chi connectivity index (χ1v) is 5.63. The van der Waals surface area contributed by atoms with Crippen molar-refractivity contribution in [2.24, 2.45) is 11.8 Å². The van der Waals surface area contributed by atoms with Crippen LogP contribution in [0.2, 0.25) is 0 Å². The Kier molecular flexibility index (Phi) is 2.80. The van der Waals surface area contributed by atoms with E-state index in [0.717, 1.165) is 36.4 Å². The molecule has 0 aromatic carbocycles. The Morgan fingerprint density at radius 2 is 2.13 bits per heavy atom. The number of rotatable bonds is 1. The summed E-state index contributed by atoms with van der Waals surface area (Å²) >= 11 is 0. The predicted octanol–water partition coefficient (Wildman–Crippen LogP) is 2.15. The highest BCUT2D eigenvalue weighted by Gasteiger charge is 2.23. The fourth-order valence-corrected chi connectivity index (χ4v) is 2.06. The Labute approximate surface area is 91.3 Å². The molecule has 2 N–H and O–H groups in total. The van der Waals surface area contributed by atoms with Crippen LogP contribution in [0.5, 0.6) is 0 Å². The molecule has 1 aromatic rings. The number of nitrogens with two attached hydrogens (primary N) is 1. The number of hydrogen-bond acceptors (Lipinski definition) is 3. The highest BCUT2D eigenvalue weighted by molar-refractivity contribution is 5.46. The van der Waals surface area contributed by atoms with Gasteiger partial charge in [-0.1, -0.05) is 13.8 Å². The summed E-state index contributed by atoms with van der Waals surface area (Å²) in [6.45, 7) is 6.87. The molecule has 82 valence electrons. The Hall–Kier alpha value is -1.25. The lowest BCUT2D eigenvalue weighted by Crippen LogP contribution is -2.38. The first-order chi connectivity index (χ1) is 7.16. The molecule has 2 unspecified atom stereocenters. The molecule has 1 saturated heterocycles. The fourth-order valence-electron chi connectivity index (χ4n) is 2.06. The minimum absolute atomic E-state index is 0.733. The zero-order valence-corrected chi connectivity index (χ0v) is 9.48. The Balaban J connectivity index is 2.08. The highest BCUT2D eigenvalue weighted by atomic mass is 15.2. The van der Waals surface area contributed by atoms with Gasteiger partial charge in [0, 0.05) is 13.1 Å². The third kappa shape index (κ3) is 2.22. The van der Waals surface area contributed by atoms with Crippen LogP contribution in [0.3, 0.4) is 0 Å². The summed E-state index contributed by atoms with van der Waals surface area (Å²) in [5, 5.41) is 0. The van der Waals surface area contributed by atoms with E-state index in [1.165, 1.54) is 6.42 Å². The molecule has 0 radical (unpaired) electrons. The first-order valence-electron chi connectivity index (χ1n) is 5.63. The SMILES string of the molecule is CC1CCN(c2ccc(N)cn2)CC1C. The van der Waals surface area contributed by atoms with Crippen molar-refractivity contribution in [3.05, 3.63) is 18.3 Å². The van der Waals surface area contributed by atoms with Crippen LogP contribution in [0.25, 0.3) is 0 Å². The molecule has 1 aromatic heterocycles. The van der Waals surface area contributed by atoms with Crippen LogP contribution in [0.1, 0.15) is 20.3 Å². The highest BCUT2D eigenvalue weighted by Crippen LogP contribution is 2.25. The zero-order valence-electron chi connectivity index (χ0n) is 9.48. The van der Waals surface area contributed by atoms with Crippen molar-refractivity contribution in [2.75, 3.05) is 23.7 Å². The van der Waals surface area contributed by atoms with Crippen molar-refractivity contribution in [1.29, 1.82) is 0 Å². The van der Waals surface area contributed by atoms with Crippen molar-refractivity contribution >= 4 is 11.5 Å². The quantitative estimate of drug-likeness (QED) is 0.763. The lowest BCUT2D eigenvalue weighted by Gasteiger charge is -2.36. The van der Waals surface area contributed by atoms with Gasteiger partial charge in [-0.25, -0.2) is 4.98 Å². The number of hydrogen-bond donors (Lipinski definition) is 1. The van der Waals surface area contributed by atoms with Gasteiger partial charge in [-0.15, -0.1) is 0 Å². The van der Waals surface area contributed by atoms with Crippen LogP contribution in [-0.4, -0.2) is 18.1 Å². The summed E-state index contributed by atoms with van der Waals surface area (Å²) in [5.74, 6) is 2.64. The minimum atomic E-state index is 0.733. The van der Waals surface area contributed by atoms with Gasteiger partial charge in [0.15, 0.2) is 0 Å². The van der Waals surface area contributed by atoms with Crippen molar-refractivity contribution in [3.63, 3.8) is 0 Å². The topological polar surface area (TPSA) is 42.1 Å². The fraction of sp³-hybridized carbons (Fsp3) is 0.583. The van der Waals surface area contributed by atoms with Crippen LogP contribution in [0.15, 0.2) is 18.3 Å². The van der Waals surface area contributed by atoms with Crippen LogP contribution >= 0.6 is 0 Å². The molecule has 1 aliphatic heterocycles. The van der Waals surface area contributed by atoms with E-state index in [2.05, 4.69) is 23.7 Å². The predicted molar refractivity (Wildman–Crippen MR) is 63.8 cm³/mol. The number of nitrogen functional groups attached to an aromatic ring is 1. The second-order valence-electron chi connectivity index (χ2n) is 4.64. The van der Waals surface area contributed by atoms with Gasteiger partial charge in [0.1, 0.15) is 5.82 Å². The molecule has 2 heterocycles. The van der Waals surface area contributed by atoms with Crippen LogP contribution in [0.4, 0.5) is 11.5 Å². The van der Waals surface area contributed by atoms with Gasteiger partial charge in [0.05, 0.1) is 11.9 Å². The molecule has 1 aliphatic rings. The van der Waals surface area contributed by atoms with E-state index >= 15 is 0 Å². The maximum absolute atomic E-state index is 5.62. The lowest BCUT2D eigenvalue weighted by atomic mass is 9.89. The maximum Gasteiger partial charge on any atom is 0.128 e.